The number of nitrogens with two attached hydrogens (primary N) is 1. The van der Waals surface area contributed by atoms with E-state index in [1.807, 2.05) is 0 Å². The highest BCUT2D eigenvalue weighted by Crippen LogP contribution is 2.40. The summed E-state index contributed by atoms with van der Waals surface area (Å²) >= 11 is 6.10. The lowest BCUT2D eigenvalue weighted by atomic mass is 10.0. The molecule has 0 amide bonds. The second-order valence-corrected chi connectivity index (χ2v) is 5.42. The molecule has 0 aromatic heterocycles. The molecule has 0 radical (unpaired) electrons. The molecule has 1 aromatic carbocycles. The molecule has 0 spiro atoms. The highest BCUT2D eigenvalue weighted by molar-refractivity contribution is 9.11. The van der Waals surface area contributed by atoms with Crippen molar-refractivity contribution in [3.05, 3.63) is 26.6 Å². The van der Waals surface area contributed by atoms with Crippen LogP contribution < -0.4 is 5.73 Å². The van der Waals surface area contributed by atoms with Crippen molar-refractivity contribution in [3.63, 3.8) is 0 Å². The van der Waals surface area contributed by atoms with Gasteiger partial charge in [-0.05, 0) is 35.0 Å². The van der Waals surface area contributed by atoms with Crippen LogP contribution in [0.5, 0.6) is 5.75 Å². The molecule has 0 bridgehead atoms. The van der Waals surface area contributed by atoms with Crippen molar-refractivity contribution in [2.24, 2.45) is 5.73 Å². The van der Waals surface area contributed by atoms with E-state index in [4.69, 9.17) is 5.73 Å². The zero-order valence-corrected chi connectivity index (χ0v) is 14.2. The largest absolute Gasteiger partial charge is 0.506 e. The molecule has 9 heteroatoms. The SMILES string of the molecule is CCOC(=O)C(F)(F)[C@@H](N)c1cc(Br)cc(Br)c1O.Cl. The molecule has 0 fully saturated rings. The molecule has 1 rings (SSSR count). The van der Waals surface area contributed by atoms with Gasteiger partial charge in [0.1, 0.15) is 11.8 Å². The minimum Gasteiger partial charge on any atom is -0.506 e. The predicted molar refractivity (Wildman–Crippen MR) is 79.3 cm³/mol. The van der Waals surface area contributed by atoms with Gasteiger partial charge in [0.05, 0.1) is 11.1 Å². The van der Waals surface area contributed by atoms with Crippen molar-refractivity contribution < 1.29 is 23.4 Å². The van der Waals surface area contributed by atoms with E-state index in [2.05, 4.69) is 36.6 Å². The van der Waals surface area contributed by atoms with Gasteiger partial charge in [0.25, 0.3) is 0 Å². The lowest BCUT2D eigenvalue weighted by Gasteiger charge is -2.23. The van der Waals surface area contributed by atoms with Gasteiger partial charge in [-0.2, -0.15) is 8.78 Å². The van der Waals surface area contributed by atoms with Crippen LogP contribution in [0.2, 0.25) is 0 Å². The van der Waals surface area contributed by atoms with Crippen molar-refractivity contribution in [2.75, 3.05) is 6.61 Å². The van der Waals surface area contributed by atoms with Crippen molar-refractivity contribution >= 4 is 50.2 Å². The smallest absolute Gasteiger partial charge is 0.379 e. The summed E-state index contributed by atoms with van der Waals surface area (Å²) in [5, 5.41) is 9.73. The van der Waals surface area contributed by atoms with E-state index < -0.39 is 23.7 Å². The Bertz CT molecular complexity index is 503. The molecule has 0 aliphatic heterocycles. The second-order valence-electron chi connectivity index (χ2n) is 3.65. The quantitative estimate of drug-likeness (QED) is 0.704. The standard InChI is InChI=1S/C11H11Br2F2NO3.ClH/c1-2-19-10(18)11(14,15)9(16)6-3-5(12)4-7(13)8(6)17;/h3-4,9,17H,2,16H2,1H3;1H/t9-;/m0./s1. The number of carbonyl (C=O) groups is 1. The van der Waals surface area contributed by atoms with Crippen LogP contribution in [0, 0.1) is 0 Å². The second kappa shape index (κ2) is 7.53. The first-order valence-electron chi connectivity index (χ1n) is 5.20. The number of hydrogen-bond donors (Lipinski definition) is 2. The number of esters is 1. The maximum Gasteiger partial charge on any atom is 0.379 e. The number of alkyl halides is 2. The van der Waals surface area contributed by atoms with Gasteiger partial charge in [-0.1, -0.05) is 15.9 Å². The van der Waals surface area contributed by atoms with Crippen LogP contribution in [0.4, 0.5) is 8.78 Å². The average molecular weight is 439 g/mol. The molecular weight excluding hydrogens is 427 g/mol. The fourth-order valence-electron chi connectivity index (χ4n) is 1.37. The summed E-state index contributed by atoms with van der Waals surface area (Å²) in [7, 11) is 0. The molecule has 3 N–H and O–H groups in total. The topological polar surface area (TPSA) is 72.5 Å². The third kappa shape index (κ3) is 4.03. The van der Waals surface area contributed by atoms with Crippen LogP contribution in [-0.4, -0.2) is 23.6 Å². The summed E-state index contributed by atoms with van der Waals surface area (Å²) in [6, 6.07) is 0.673. The van der Waals surface area contributed by atoms with E-state index in [1.54, 1.807) is 0 Å². The number of phenolic OH excluding ortho intramolecular Hbond substituents is 1. The molecule has 0 saturated heterocycles. The Morgan fingerprint density at radius 2 is 2.05 bits per heavy atom. The Labute approximate surface area is 137 Å². The third-order valence-electron chi connectivity index (χ3n) is 2.33. The van der Waals surface area contributed by atoms with Crippen LogP contribution in [0.3, 0.4) is 0 Å². The van der Waals surface area contributed by atoms with Gasteiger partial charge in [0, 0.05) is 10.0 Å². The highest BCUT2D eigenvalue weighted by Gasteiger charge is 2.48. The lowest BCUT2D eigenvalue weighted by Crippen LogP contribution is -2.41. The fourth-order valence-corrected chi connectivity index (χ4v) is 2.63. The van der Waals surface area contributed by atoms with Crippen LogP contribution in [0.1, 0.15) is 18.5 Å². The fraction of sp³-hybridized carbons (Fsp3) is 0.364. The third-order valence-corrected chi connectivity index (χ3v) is 3.39. The summed E-state index contributed by atoms with van der Waals surface area (Å²) in [6.07, 6.45) is 0. The summed E-state index contributed by atoms with van der Waals surface area (Å²) in [6.45, 7) is 1.22. The lowest BCUT2D eigenvalue weighted by molar-refractivity contribution is -0.174. The van der Waals surface area contributed by atoms with E-state index in [-0.39, 0.29) is 29.1 Å². The first-order chi connectivity index (χ1) is 8.71. The molecule has 20 heavy (non-hydrogen) atoms. The van der Waals surface area contributed by atoms with Gasteiger partial charge in [0.2, 0.25) is 0 Å². The minimum absolute atomic E-state index is 0. The zero-order valence-electron chi connectivity index (χ0n) is 10.2. The zero-order chi connectivity index (χ0) is 14.8. The molecule has 0 aliphatic rings. The number of ether oxygens (including phenoxy) is 1. The normalized spacial score (nSPS) is 12.5. The van der Waals surface area contributed by atoms with Crippen molar-refractivity contribution in [1.29, 1.82) is 0 Å². The number of aromatic hydroxyl groups is 1. The average Bonchev–Trinajstić information content (AvgIpc) is 2.33. The molecule has 114 valence electrons. The predicted octanol–water partition coefficient (Wildman–Crippen LogP) is 3.54. The van der Waals surface area contributed by atoms with Crippen molar-refractivity contribution in [2.45, 2.75) is 18.9 Å². The Morgan fingerprint density at radius 1 is 1.50 bits per heavy atom. The Morgan fingerprint density at radius 3 is 2.55 bits per heavy atom. The van der Waals surface area contributed by atoms with Gasteiger partial charge >= 0.3 is 11.9 Å². The van der Waals surface area contributed by atoms with Crippen LogP contribution in [0.25, 0.3) is 0 Å². The maximum absolute atomic E-state index is 13.8. The molecule has 0 aliphatic carbocycles. The van der Waals surface area contributed by atoms with E-state index in [9.17, 15) is 18.7 Å². The van der Waals surface area contributed by atoms with Crippen LogP contribution >= 0.6 is 44.3 Å². The molecule has 1 aromatic rings. The number of rotatable bonds is 4. The molecule has 1 atom stereocenters. The van der Waals surface area contributed by atoms with Gasteiger partial charge < -0.3 is 15.6 Å². The van der Waals surface area contributed by atoms with Crippen LogP contribution in [0.15, 0.2) is 21.1 Å². The van der Waals surface area contributed by atoms with Crippen LogP contribution in [-0.2, 0) is 9.53 Å². The molecule has 4 nitrogen and oxygen atoms in total. The van der Waals surface area contributed by atoms with Gasteiger partial charge in [-0.3, -0.25) is 0 Å². The van der Waals surface area contributed by atoms with E-state index in [0.29, 0.717) is 4.47 Å². The molecule has 0 heterocycles. The molecule has 0 unspecified atom stereocenters. The number of phenols is 1. The highest BCUT2D eigenvalue weighted by atomic mass is 79.9. The Kier molecular flexibility index (Phi) is 7.37. The number of benzene rings is 1. The Balaban J connectivity index is 0.00000361. The summed E-state index contributed by atoms with van der Waals surface area (Å²) in [4.78, 5) is 11.2. The summed E-state index contributed by atoms with van der Waals surface area (Å²) in [5.41, 5.74) is 5.13. The van der Waals surface area contributed by atoms with Crippen molar-refractivity contribution in [1.82, 2.24) is 0 Å². The number of carbonyl (C=O) groups excluding carboxylic acids is 1. The van der Waals surface area contributed by atoms with Gasteiger partial charge in [-0.15, -0.1) is 12.4 Å². The molecule has 0 saturated carbocycles. The summed E-state index contributed by atoms with van der Waals surface area (Å²) in [5.74, 6) is -6.11. The monoisotopic (exact) mass is 437 g/mol. The van der Waals surface area contributed by atoms with E-state index >= 15 is 0 Å². The molecular formula is C11H12Br2ClF2NO3. The summed E-state index contributed by atoms with van der Waals surface area (Å²) < 4.78 is 32.5. The Hall–Kier alpha value is -0.440. The minimum atomic E-state index is -3.94. The number of hydrogen-bond acceptors (Lipinski definition) is 4. The maximum atomic E-state index is 13.8. The van der Waals surface area contributed by atoms with Gasteiger partial charge in [0.15, 0.2) is 0 Å². The van der Waals surface area contributed by atoms with Crippen molar-refractivity contribution in [3.8, 4) is 5.75 Å². The first-order valence-corrected chi connectivity index (χ1v) is 6.78. The first kappa shape index (κ1) is 19.6. The van der Waals surface area contributed by atoms with E-state index in [1.165, 1.54) is 19.1 Å². The number of halogens is 5. The van der Waals surface area contributed by atoms with Gasteiger partial charge in [-0.25, -0.2) is 4.79 Å². The van der Waals surface area contributed by atoms with E-state index in [0.717, 1.165) is 0 Å².